The molecule has 2 rings (SSSR count). The number of primary amides is 1. The van der Waals surface area contributed by atoms with E-state index in [2.05, 4.69) is 6.92 Å². The molecule has 1 heterocycles. The van der Waals surface area contributed by atoms with Crippen molar-refractivity contribution in [3.8, 4) is 0 Å². The third kappa shape index (κ3) is 2.93. The molecule has 2 fully saturated rings. The van der Waals surface area contributed by atoms with E-state index in [1.807, 2.05) is 4.90 Å². The second kappa shape index (κ2) is 5.28. The van der Waals surface area contributed by atoms with Gasteiger partial charge in [-0.15, -0.1) is 0 Å². The van der Waals surface area contributed by atoms with Crippen LogP contribution in [0.4, 0.5) is 4.79 Å². The highest BCUT2D eigenvalue weighted by molar-refractivity contribution is 5.72. The van der Waals surface area contributed by atoms with E-state index in [0.29, 0.717) is 5.41 Å². The molecular weight excluding hydrogens is 212 g/mol. The molecule has 17 heavy (non-hydrogen) atoms. The van der Waals surface area contributed by atoms with Crippen LogP contribution in [0, 0.1) is 11.3 Å². The lowest BCUT2D eigenvalue weighted by molar-refractivity contribution is 0.108. The van der Waals surface area contributed by atoms with E-state index in [0.717, 1.165) is 19.0 Å². The Bertz CT molecular complexity index is 279. The molecular formula is C14H26N2O. The Kier molecular flexibility index (Phi) is 3.95. The first-order valence-electron chi connectivity index (χ1n) is 7.19. The van der Waals surface area contributed by atoms with Crippen molar-refractivity contribution < 1.29 is 4.79 Å². The number of hydrogen-bond donors (Lipinski definition) is 1. The summed E-state index contributed by atoms with van der Waals surface area (Å²) in [6.07, 6.45) is 10.6. The zero-order chi connectivity index (χ0) is 12.3. The van der Waals surface area contributed by atoms with E-state index in [-0.39, 0.29) is 6.03 Å². The second-order valence-electron chi connectivity index (χ2n) is 6.14. The predicted molar refractivity (Wildman–Crippen MR) is 69.7 cm³/mol. The summed E-state index contributed by atoms with van der Waals surface area (Å²) in [5.41, 5.74) is 5.86. The van der Waals surface area contributed by atoms with Crippen molar-refractivity contribution in [3.63, 3.8) is 0 Å². The SMILES string of the molecule is CCCCCCC12CCC(CN(C(N)=O)C1)C2. The molecule has 3 nitrogen and oxygen atoms in total. The van der Waals surface area contributed by atoms with E-state index in [4.69, 9.17) is 5.73 Å². The summed E-state index contributed by atoms with van der Waals surface area (Å²) in [4.78, 5) is 13.2. The van der Waals surface area contributed by atoms with Crippen LogP contribution in [-0.4, -0.2) is 24.0 Å². The monoisotopic (exact) mass is 238 g/mol. The molecule has 98 valence electrons. The van der Waals surface area contributed by atoms with Gasteiger partial charge in [0.1, 0.15) is 0 Å². The van der Waals surface area contributed by atoms with Crippen molar-refractivity contribution in [3.05, 3.63) is 0 Å². The van der Waals surface area contributed by atoms with Gasteiger partial charge in [-0.05, 0) is 37.0 Å². The molecule has 3 heteroatoms. The van der Waals surface area contributed by atoms with Gasteiger partial charge < -0.3 is 10.6 Å². The number of nitrogens with two attached hydrogens (primary N) is 1. The molecule has 2 unspecified atom stereocenters. The number of likely N-dealkylation sites (tertiary alicyclic amines) is 1. The molecule has 0 aromatic rings. The highest BCUT2D eigenvalue weighted by Gasteiger charge is 2.45. The Morgan fingerprint density at radius 1 is 1.41 bits per heavy atom. The van der Waals surface area contributed by atoms with Crippen LogP contribution < -0.4 is 5.73 Å². The molecule has 2 atom stereocenters. The summed E-state index contributed by atoms with van der Waals surface area (Å²) in [5, 5.41) is 0. The standard InChI is InChI=1S/C14H26N2O/c1-2-3-4-5-7-14-8-6-12(9-14)10-16(11-14)13(15)17/h12H,2-11H2,1H3,(H2,15,17). The number of rotatable bonds is 5. The van der Waals surface area contributed by atoms with Crippen LogP contribution in [-0.2, 0) is 0 Å². The Balaban J connectivity index is 1.87. The molecule has 2 amide bonds. The van der Waals surface area contributed by atoms with Crippen LogP contribution in [0.2, 0.25) is 0 Å². The zero-order valence-electron chi connectivity index (χ0n) is 11.1. The molecule has 0 spiro atoms. The quantitative estimate of drug-likeness (QED) is 0.735. The van der Waals surface area contributed by atoms with Gasteiger partial charge >= 0.3 is 6.03 Å². The van der Waals surface area contributed by atoms with Crippen LogP contribution in [0.1, 0.15) is 58.3 Å². The Morgan fingerprint density at radius 3 is 2.94 bits per heavy atom. The number of hydrogen-bond acceptors (Lipinski definition) is 1. The third-order valence-corrected chi connectivity index (χ3v) is 4.68. The van der Waals surface area contributed by atoms with Crippen molar-refractivity contribution in [2.24, 2.45) is 17.1 Å². The minimum Gasteiger partial charge on any atom is -0.351 e. The van der Waals surface area contributed by atoms with Crippen LogP contribution >= 0.6 is 0 Å². The summed E-state index contributed by atoms with van der Waals surface area (Å²) in [5.74, 6) is 0.724. The summed E-state index contributed by atoms with van der Waals surface area (Å²) in [7, 11) is 0. The molecule has 1 aliphatic carbocycles. The minimum atomic E-state index is -0.213. The zero-order valence-corrected chi connectivity index (χ0v) is 11.1. The summed E-state index contributed by atoms with van der Waals surface area (Å²) >= 11 is 0. The third-order valence-electron chi connectivity index (χ3n) is 4.68. The highest BCUT2D eigenvalue weighted by Crippen LogP contribution is 2.49. The van der Waals surface area contributed by atoms with Gasteiger partial charge in [0.25, 0.3) is 0 Å². The molecule has 2 aliphatic rings. The first-order chi connectivity index (χ1) is 8.15. The van der Waals surface area contributed by atoms with Crippen molar-refractivity contribution >= 4 is 6.03 Å². The van der Waals surface area contributed by atoms with Crippen LogP contribution in [0.25, 0.3) is 0 Å². The van der Waals surface area contributed by atoms with Crippen molar-refractivity contribution in [2.45, 2.75) is 58.3 Å². The smallest absolute Gasteiger partial charge is 0.314 e. The summed E-state index contributed by atoms with van der Waals surface area (Å²) in [6.45, 7) is 4.08. The van der Waals surface area contributed by atoms with Gasteiger partial charge in [0.2, 0.25) is 0 Å². The number of piperidine rings is 1. The fourth-order valence-corrected chi connectivity index (χ4v) is 3.81. The minimum absolute atomic E-state index is 0.213. The number of nitrogens with zero attached hydrogens (tertiary/aromatic N) is 1. The average molecular weight is 238 g/mol. The molecule has 0 radical (unpaired) electrons. The molecule has 2 N–H and O–H groups in total. The molecule has 0 aromatic carbocycles. The van der Waals surface area contributed by atoms with Crippen molar-refractivity contribution in [1.29, 1.82) is 0 Å². The number of unbranched alkanes of at least 4 members (excludes halogenated alkanes) is 3. The Morgan fingerprint density at radius 2 is 2.24 bits per heavy atom. The van der Waals surface area contributed by atoms with Crippen molar-refractivity contribution in [2.75, 3.05) is 13.1 Å². The normalized spacial score (nSPS) is 31.8. The van der Waals surface area contributed by atoms with Gasteiger partial charge in [-0.3, -0.25) is 0 Å². The number of amides is 2. The summed E-state index contributed by atoms with van der Waals surface area (Å²) in [6, 6.07) is -0.213. The van der Waals surface area contributed by atoms with Gasteiger partial charge in [0, 0.05) is 13.1 Å². The fraction of sp³-hybridized carbons (Fsp3) is 0.929. The lowest BCUT2D eigenvalue weighted by atomic mass is 9.77. The maximum absolute atomic E-state index is 11.3. The van der Waals surface area contributed by atoms with E-state index in [9.17, 15) is 4.79 Å². The topological polar surface area (TPSA) is 46.3 Å². The van der Waals surface area contributed by atoms with Gasteiger partial charge in [0.05, 0.1) is 0 Å². The Labute approximate surface area is 105 Å². The Hall–Kier alpha value is -0.730. The first kappa shape index (κ1) is 12.7. The van der Waals surface area contributed by atoms with E-state index in [1.165, 1.54) is 51.4 Å². The fourth-order valence-electron chi connectivity index (χ4n) is 3.81. The lowest BCUT2D eigenvalue weighted by Gasteiger charge is -2.39. The van der Waals surface area contributed by atoms with Gasteiger partial charge in [-0.1, -0.05) is 32.6 Å². The van der Waals surface area contributed by atoms with Crippen LogP contribution in [0.15, 0.2) is 0 Å². The van der Waals surface area contributed by atoms with E-state index < -0.39 is 0 Å². The molecule has 2 bridgehead atoms. The van der Waals surface area contributed by atoms with Gasteiger partial charge in [-0.2, -0.15) is 0 Å². The molecule has 1 saturated heterocycles. The average Bonchev–Trinajstić information content (AvgIpc) is 2.60. The lowest BCUT2D eigenvalue weighted by Crippen LogP contribution is -2.48. The predicted octanol–water partition coefficient (Wildman–Crippen LogP) is 3.14. The largest absolute Gasteiger partial charge is 0.351 e. The van der Waals surface area contributed by atoms with E-state index >= 15 is 0 Å². The number of carbonyl (C=O) groups is 1. The van der Waals surface area contributed by atoms with Crippen molar-refractivity contribution in [1.82, 2.24) is 4.90 Å². The van der Waals surface area contributed by atoms with E-state index in [1.54, 1.807) is 0 Å². The molecule has 1 aliphatic heterocycles. The second-order valence-corrected chi connectivity index (χ2v) is 6.14. The van der Waals surface area contributed by atoms with Gasteiger partial charge in [0.15, 0.2) is 0 Å². The number of carbonyl (C=O) groups excluding carboxylic acids is 1. The maximum atomic E-state index is 11.3. The highest BCUT2D eigenvalue weighted by atomic mass is 16.2. The number of fused-ring (bicyclic) bond motifs is 2. The van der Waals surface area contributed by atoms with Gasteiger partial charge in [-0.25, -0.2) is 4.79 Å². The maximum Gasteiger partial charge on any atom is 0.314 e. The van der Waals surface area contributed by atoms with Crippen LogP contribution in [0.5, 0.6) is 0 Å². The summed E-state index contributed by atoms with van der Waals surface area (Å²) < 4.78 is 0. The first-order valence-corrected chi connectivity index (χ1v) is 7.19. The molecule has 0 aromatic heterocycles. The number of urea groups is 1. The van der Waals surface area contributed by atoms with Crippen LogP contribution in [0.3, 0.4) is 0 Å². The molecule has 1 saturated carbocycles.